The third-order valence-electron chi connectivity index (χ3n) is 5.02. The van der Waals surface area contributed by atoms with Crippen molar-refractivity contribution in [3.05, 3.63) is 59.1 Å². The molecule has 0 radical (unpaired) electrons. The molecule has 130 valence electrons. The summed E-state index contributed by atoms with van der Waals surface area (Å²) in [6.07, 6.45) is 5.71. The monoisotopic (exact) mass is 353 g/mol. The van der Waals surface area contributed by atoms with E-state index in [0.29, 0.717) is 12.5 Å². The highest BCUT2D eigenvalue weighted by atomic mass is 32.1. The Morgan fingerprint density at radius 2 is 1.80 bits per heavy atom. The van der Waals surface area contributed by atoms with Crippen LogP contribution in [0.3, 0.4) is 0 Å². The molecule has 1 N–H and O–H groups in total. The van der Waals surface area contributed by atoms with Gasteiger partial charge in [-0.1, -0.05) is 43.5 Å². The first kappa shape index (κ1) is 16.6. The van der Waals surface area contributed by atoms with Gasteiger partial charge in [0.15, 0.2) is 0 Å². The van der Waals surface area contributed by atoms with Crippen LogP contribution in [-0.4, -0.2) is 10.1 Å². The fourth-order valence-corrected chi connectivity index (χ4v) is 4.49. The van der Waals surface area contributed by atoms with E-state index in [1.54, 1.807) is 11.3 Å². The van der Waals surface area contributed by atoms with Crippen molar-refractivity contribution < 1.29 is 9.84 Å². The summed E-state index contributed by atoms with van der Waals surface area (Å²) in [5.74, 6) is 1.22. The van der Waals surface area contributed by atoms with Crippen LogP contribution in [0.2, 0.25) is 0 Å². The van der Waals surface area contributed by atoms with Gasteiger partial charge in [-0.05, 0) is 48.6 Å². The molecule has 4 rings (SSSR count). The Labute approximate surface area is 152 Å². The van der Waals surface area contributed by atoms with E-state index < -0.39 is 0 Å². The van der Waals surface area contributed by atoms with Crippen molar-refractivity contribution in [1.29, 1.82) is 0 Å². The smallest absolute Gasteiger partial charge is 0.140 e. The van der Waals surface area contributed by atoms with Gasteiger partial charge in [0.25, 0.3) is 0 Å². The lowest BCUT2D eigenvalue weighted by Crippen LogP contribution is -2.15. The van der Waals surface area contributed by atoms with Gasteiger partial charge in [0.2, 0.25) is 0 Å². The molecule has 1 atom stereocenters. The molecule has 0 spiro atoms. The molecule has 1 unspecified atom stereocenters. The van der Waals surface area contributed by atoms with Crippen LogP contribution in [0.15, 0.2) is 48.5 Å². The molecule has 4 heteroatoms. The van der Waals surface area contributed by atoms with Crippen LogP contribution in [0.1, 0.15) is 48.8 Å². The number of ether oxygens (including phenoxy) is 1. The van der Waals surface area contributed by atoms with Crippen LogP contribution in [0, 0.1) is 5.92 Å². The number of rotatable bonds is 5. The third kappa shape index (κ3) is 3.86. The number of aliphatic hydroxyl groups excluding tert-OH is 1. The molecule has 25 heavy (non-hydrogen) atoms. The maximum absolute atomic E-state index is 10.6. The van der Waals surface area contributed by atoms with E-state index in [1.165, 1.54) is 24.0 Å². The standard InChI is InChI=1S/C21H23NO2S/c23-21(15-6-2-1-3-7-15)16-10-12-17(13-11-16)24-14-20-22-18-8-4-5-9-19(18)25-20/h4-5,8-13,15,21,23H,1-3,6-7,14H2. The molecule has 0 bridgehead atoms. The number of fused-ring (bicyclic) bond motifs is 1. The largest absolute Gasteiger partial charge is 0.486 e. The number of para-hydroxylation sites is 1. The van der Waals surface area contributed by atoms with Crippen molar-refractivity contribution in [2.45, 2.75) is 44.8 Å². The maximum atomic E-state index is 10.6. The van der Waals surface area contributed by atoms with E-state index in [-0.39, 0.29) is 6.10 Å². The van der Waals surface area contributed by atoms with E-state index >= 15 is 0 Å². The second-order valence-corrected chi connectivity index (χ2v) is 7.89. The number of aliphatic hydroxyl groups is 1. The zero-order chi connectivity index (χ0) is 17.1. The quantitative estimate of drug-likeness (QED) is 0.659. The highest BCUT2D eigenvalue weighted by Gasteiger charge is 2.22. The number of benzene rings is 2. The molecule has 1 heterocycles. The Morgan fingerprint density at radius 1 is 1.04 bits per heavy atom. The molecule has 0 amide bonds. The predicted molar refractivity (Wildman–Crippen MR) is 102 cm³/mol. The lowest BCUT2D eigenvalue weighted by atomic mass is 9.83. The zero-order valence-corrected chi connectivity index (χ0v) is 15.0. The van der Waals surface area contributed by atoms with Crippen molar-refractivity contribution >= 4 is 21.6 Å². The first-order chi connectivity index (χ1) is 12.3. The van der Waals surface area contributed by atoms with Crippen molar-refractivity contribution in [2.24, 2.45) is 5.92 Å². The SMILES string of the molecule is OC(c1ccc(OCc2nc3ccccc3s2)cc1)C1CCCCC1. The summed E-state index contributed by atoms with van der Waals surface area (Å²) in [5, 5.41) is 11.6. The summed E-state index contributed by atoms with van der Waals surface area (Å²) < 4.78 is 7.06. The molecule has 1 aromatic heterocycles. The minimum Gasteiger partial charge on any atom is -0.486 e. The van der Waals surface area contributed by atoms with Gasteiger partial charge in [-0.25, -0.2) is 4.98 Å². The molecule has 2 aromatic carbocycles. The summed E-state index contributed by atoms with van der Waals surface area (Å²) >= 11 is 1.67. The normalized spacial score (nSPS) is 16.8. The van der Waals surface area contributed by atoms with Crippen LogP contribution in [0.25, 0.3) is 10.2 Å². The first-order valence-electron chi connectivity index (χ1n) is 9.05. The molecular weight excluding hydrogens is 330 g/mol. The average Bonchev–Trinajstić information content (AvgIpc) is 3.10. The van der Waals surface area contributed by atoms with Gasteiger partial charge in [-0.3, -0.25) is 0 Å². The predicted octanol–water partition coefficient (Wildman–Crippen LogP) is 5.49. The lowest BCUT2D eigenvalue weighted by molar-refractivity contribution is 0.0848. The molecule has 3 nitrogen and oxygen atoms in total. The number of aromatic nitrogens is 1. The van der Waals surface area contributed by atoms with Gasteiger partial charge in [-0.15, -0.1) is 11.3 Å². The number of thiazole rings is 1. The van der Waals surface area contributed by atoms with E-state index in [2.05, 4.69) is 11.1 Å². The topological polar surface area (TPSA) is 42.4 Å². The maximum Gasteiger partial charge on any atom is 0.140 e. The number of hydrogen-bond acceptors (Lipinski definition) is 4. The molecule has 1 aliphatic rings. The van der Waals surface area contributed by atoms with E-state index in [4.69, 9.17) is 4.74 Å². The number of hydrogen-bond donors (Lipinski definition) is 1. The van der Waals surface area contributed by atoms with Crippen LogP contribution in [-0.2, 0) is 6.61 Å². The summed E-state index contributed by atoms with van der Waals surface area (Å²) in [6.45, 7) is 0.476. The molecule has 1 fully saturated rings. The van der Waals surface area contributed by atoms with Crippen molar-refractivity contribution in [2.75, 3.05) is 0 Å². The molecule has 1 saturated carbocycles. The van der Waals surface area contributed by atoms with E-state index in [9.17, 15) is 5.11 Å². The minimum atomic E-state index is -0.349. The molecule has 3 aromatic rings. The highest BCUT2D eigenvalue weighted by Crippen LogP contribution is 2.34. The summed E-state index contributed by atoms with van der Waals surface area (Å²) in [7, 11) is 0. The van der Waals surface area contributed by atoms with E-state index in [0.717, 1.165) is 34.7 Å². The Bertz CT molecular complexity index is 788. The summed E-state index contributed by atoms with van der Waals surface area (Å²) in [6, 6.07) is 16.0. The van der Waals surface area contributed by atoms with E-state index in [1.807, 2.05) is 42.5 Å². The van der Waals surface area contributed by atoms with Gasteiger partial charge in [0.1, 0.15) is 17.4 Å². The fraction of sp³-hybridized carbons (Fsp3) is 0.381. The average molecular weight is 353 g/mol. The van der Waals surface area contributed by atoms with Gasteiger partial charge in [0, 0.05) is 0 Å². The highest BCUT2D eigenvalue weighted by molar-refractivity contribution is 7.18. The zero-order valence-electron chi connectivity index (χ0n) is 14.2. The van der Waals surface area contributed by atoms with Crippen LogP contribution >= 0.6 is 11.3 Å². The summed E-state index contributed by atoms with van der Waals surface area (Å²) in [4.78, 5) is 4.59. The molecule has 0 saturated heterocycles. The molecular formula is C21H23NO2S. The Balaban J connectivity index is 1.38. The van der Waals surface area contributed by atoms with Crippen LogP contribution in [0.4, 0.5) is 0 Å². The molecule has 1 aliphatic carbocycles. The first-order valence-corrected chi connectivity index (χ1v) is 9.86. The van der Waals surface area contributed by atoms with Gasteiger partial charge in [-0.2, -0.15) is 0 Å². The van der Waals surface area contributed by atoms with Crippen molar-refractivity contribution in [1.82, 2.24) is 4.98 Å². The number of nitrogens with zero attached hydrogens (tertiary/aromatic N) is 1. The summed E-state index contributed by atoms with van der Waals surface area (Å²) in [5.41, 5.74) is 2.02. The molecule has 0 aliphatic heterocycles. The fourth-order valence-electron chi connectivity index (χ4n) is 3.61. The van der Waals surface area contributed by atoms with Gasteiger partial charge in [0.05, 0.1) is 16.3 Å². The minimum absolute atomic E-state index is 0.349. The van der Waals surface area contributed by atoms with Crippen LogP contribution < -0.4 is 4.74 Å². The van der Waals surface area contributed by atoms with Gasteiger partial charge >= 0.3 is 0 Å². The third-order valence-corrected chi connectivity index (χ3v) is 6.03. The van der Waals surface area contributed by atoms with Crippen molar-refractivity contribution in [3.8, 4) is 5.75 Å². The second-order valence-electron chi connectivity index (χ2n) is 6.78. The lowest BCUT2D eigenvalue weighted by Gasteiger charge is -2.26. The Hall–Kier alpha value is -1.91. The Kier molecular flexibility index (Phi) is 4.99. The van der Waals surface area contributed by atoms with Crippen molar-refractivity contribution in [3.63, 3.8) is 0 Å². The second kappa shape index (κ2) is 7.54. The Morgan fingerprint density at radius 3 is 2.56 bits per heavy atom. The van der Waals surface area contributed by atoms with Crippen LogP contribution in [0.5, 0.6) is 5.75 Å². The van der Waals surface area contributed by atoms with Gasteiger partial charge < -0.3 is 9.84 Å².